The summed E-state index contributed by atoms with van der Waals surface area (Å²) >= 11 is 0. The first kappa shape index (κ1) is 19.0. The average molecular weight is 321 g/mol. The molecule has 128 valence electrons. The lowest BCUT2D eigenvalue weighted by Crippen LogP contribution is -2.39. The molecule has 1 aromatic carbocycles. The highest BCUT2D eigenvalue weighted by Gasteiger charge is 2.16. The summed E-state index contributed by atoms with van der Waals surface area (Å²) in [5.74, 6) is 0.634. The molecule has 1 aromatic rings. The van der Waals surface area contributed by atoms with Crippen molar-refractivity contribution in [3.8, 4) is 5.75 Å². The van der Waals surface area contributed by atoms with Gasteiger partial charge in [-0.2, -0.15) is 0 Å². The number of nitrogens with zero attached hydrogens (tertiary/aromatic N) is 1. The van der Waals surface area contributed by atoms with E-state index in [1.807, 2.05) is 29.2 Å². The number of ether oxygens (including phenoxy) is 2. The monoisotopic (exact) mass is 321 g/mol. The first-order valence-corrected chi connectivity index (χ1v) is 7.97. The number of unbranched alkanes of at least 4 members (excludes halogenated alkanes) is 1. The third kappa shape index (κ3) is 7.17. The van der Waals surface area contributed by atoms with Crippen LogP contribution < -0.4 is 4.74 Å². The Morgan fingerprint density at radius 2 is 1.78 bits per heavy atom. The number of esters is 1. The highest BCUT2D eigenvalue weighted by atomic mass is 16.5. The maximum atomic E-state index is 11.9. The van der Waals surface area contributed by atoms with Gasteiger partial charge in [0.25, 0.3) is 0 Å². The fraction of sp³-hybridized carbons (Fsp3) is 0.556. The second-order valence-electron chi connectivity index (χ2n) is 5.66. The molecule has 0 aliphatic rings. The van der Waals surface area contributed by atoms with Gasteiger partial charge in [0, 0.05) is 26.4 Å². The summed E-state index contributed by atoms with van der Waals surface area (Å²) in [6.45, 7) is 6.13. The van der Waals surface area contributed by atoms with Crippen molar-refractivity contribution in [2.24, 2.45) is 0 Å². The second kappa shape index (κ2) is 9.87. The van der Waals surface area contributed by atoms with Gasteiger partial charge >= 0.3 is 5.97 Å². The van der Waals surface area contributed by atoms with Gasteiger partial charge in [0.05, 0.1) is 13.7 Å². The van der Waals surface area contributed by atoms with E-state index in [0.29, 0.717) is 13.2 Å². The van der Waals surface area contributed by atoms with Crippen LogP contribution in [0.4, 0.5) is 0 Å². The Hall–Kier alpha value is -2.04. The van der Waals surface area contributed by atoms with Crippen molar-refractivity contribution < 1.29 is 19.1 Å². The molecule has 5 nitrogen and oxygen atoms in total. The zero-order valence-corrected chi connectivity index (χ0v) is 14.5. The number of rotatable bonds is 9. The van der Waals surface area contributed by atoms with Gasteiger partial charge in [-0.1, -0.05) is 12.1 Å². The Bertz CT molecular complexity index is 498. The molecule has 1 rings (SSSR count). The van der Waals surface area contributed by atoms with Crippen molar-refractivity contribution in [3.63, 3.8) is 0 Å². The quantitative estimate of drug-likeness (QED) is 0.518. The molecule has 5 heteroatoms. The Labute approximate surface area is 138 Å². The molecule has 23 heavy (non-hydrogen) atoms. The van der Waals surface area contributed by atoms with Gasteiger partial charge < -0.3 is 14.4 Å². The summed E-state index contributed by atoms with van der Waals surface area (Å²) in [6, 6.07) is 8.02. The average Bonchev–Trinajstić information content (AvgIpc) is 2.50. The van der Waals surface area contributed by atoms with Crippen molar-refractivity contribution in [2.75, 3.05) is 20.3 Å². The van der Waals surface area contributed by atoms with E-state index in [1.165, 1.54) is 12.5 Å². The molecule has 1 unspecified atom stereocenters. The summed E-state index contributed by atoms with van der Waals surface area (Å²) < 4.78 is 10.1. The van der Waals surface area contributed by atoms with Crippen molar-refractivity contribution in [1.82, 2.24) is 4.90 Å². The summed E-state index contributed by atoms with van der Waals surface area (Å²) in [4.78, 5) is 24.5. The Morgan fingerprint density at radius 1 is 1.13 bits per heavy atom. The van der Waals surface area contributed by atoms with Gasteiger partial charge in [-0.25, -0.2) is 0 Å². The van der Waals surface area contributed by atoms with Crippen molar-refractivity contribution in [3.05, 3.63) is 29.8 Å². The first-order chi connectivity index (χ1) is 10.9. The normalized spacial score (nSPS) is 11.7. The minimum absolute atomic E-state index is 0.0681. The number of carbonyl (C=O) groups excluding carboxylic acids is 2. The Kier molecular flexibility index (Phi) is 8.16. The molecule has 0 aliphatic heterocycles. The Morgan fingerprint density at radius 3 is 2.30 bits per heavy atom. The lowest BCUT2D eigenvalue weighted by Gasteiger charge is -2.28. The maximum absolute atomic E-state index is 11.9. The second-order valence-corrected chi connectivity index (χ2v) is 5.66. The molecule has 1 atom stereocenters. The fourth-order valence-electron chi connectivity index (χ4n) is 2.50. The lowest BCUT2D eigenvalue weighted by atomic mass is 10.1. The third-order valence-corrected chi connectivity index (χ3v) is 3.73. The largest absolute Gasteiger partial charge is 0.497 e. The molecule has 0 saturated heterocycles. The third-order valence-electron chi connectivity index (χ3n) is 3.73. The summed E-state index contributed by atoms with van der Waals surface area (Å²) in [7, 11) is 1.64. The molecular formula is C18H27NO4. The molecule has 0 radical (unpaired) electrons. The molecule has 0 fully saturated rings. The fourth-order valence-corrected chi connectivity index (χ4v) is 2.50. The zero-order valence-electron chi connectivity index (χ0n) is 14.5. The van der Waals surface area contributed by atoms with Crippen LogP contribution in [0.15, 0.2) is 24.3 Å². The van der Waals surface area contributed by atoms with Gasteiger partial charge in [-0.15, -0.1) is 0 Å². The number of hydrogen-bond acceptors (Lipinski definition) is 4. The van der Waals surface area contributed by atoms with Gasteiger partial charge in [0.15, 0.2) is 0 Å². The number of amides is 1. The van der Waals surface area contributed by atoms with Crippen LogP contribution in [0.25, 0.3) is 0 Å². The van der Waals surface area contributed by atoms with E-state index in [2.05, 4.69) is 6.92 Å². The number of methoxy groups -OCH3 is 1. The number of hydrogen-bond donors (Lipinski definition) is 0. The summed E-state index contributed by atoms with van der Waals surface area (Å²) in [5.41, 5.74) is 1.17. The molecule has 1 amide bonds. The van der Waals surface area contributed by atoms with E-state index in [1.54, 1.807) is 14.0 Å². The van der Waals surface area contributed by atoms with Crippen LogP contribution in [-0.2, 0) is 20.7 Å². The van der Waals surface area contributed by atoms with E-state index in [4.69, 9.17) is 9.47 Å². The topological polar surface area (TPSA) is 55.8 Å². The van der Waals surface area contributed by atoms with Gasteiger partial charge in [-0.05, 0) is 43.9 Å². The van der Waals surface area contributed by atoms with E-state index in [0.717, 1.165) is 25.0 Å². The standard InChI is InChI=1S/C18H27NO4/c1-14(13-17-7-9-18(22-4)10-8-17)19(15(2)20)11-5-6-12-23-16(3)21/h7-10,14H,5-6,11-13H2,1-4H3. The van der Waals surface area contributed by atoms with E-state index in [-0.39, 0.29) is 17.9 Å². The molecule has 0 heterocycles. The molecule has 0 N–H and O–H groups in total. The van der Waals surface area contributed by atoms with Crippen LogP contribution in [0.5, 0.6) is 5.75 Å². The smallest absolute Gasteiger partial charge is 0.302 e. The summed E-state index contributed by atoms with van der Waals surface area (Å²) in [5, 5.41) is 0. The minimum atomic E-state index is -0.263. The van der Waals surface area contributed by atoms with Crippen molar-refractivity contribution >= 4 is 11.9 Å². The molecule has 0 aliphatic carbocycles. The number of benzene rings is 1. The van der Waals surface area contributed by atoms with Crippen LogP contribution in [0.3, 0.4) is 0 Å². The predicted molar refractivity (Wildman–Crippen MR) is 89.4 cm³/mol. The Balaban J connectivity index is 2.48. The van der Waals surface area contributed by atoms with Crippen LogP contribution in [0.1, 0.15) is 39.2 Å². The first-order valence-electron chi connectivity index (χ1n) is 7.97. The van der Waals surface area contributed by atoms with Crippen molar-refractivity contribution in [1.29, 1.82) is 0 Å². The van der Waals surface area contributed by atoms with Crippen LogP contribution in [0, 0.1) is 0 Å². The molecule has 0 aromatic heterocycles. The molecular weight excluding hydrogens is 294 g/mol. The van der Waals surface area contributed by atoms with Gasteiger partial charge in [0.2, 0.25) is 5.91 Å². The van der Waals surface area contributed by atoms with E-state index >= 15 is 0 Å². The van der Waals surface area contributed by atoms with Crippen LogP contribution in [0.2, 0.25) is 0 Å². The SMILES string of the molecule is COc1ccc(CC(C)N(CCCCOC(C)=O)C(C)=O)cc1. The zero-order chi connectivity index (χ0) is 17.2. The lowest BCUT2D eigenvalue weighted by molar-refractivity contribution is -0.141. The van der Waals surface area contributed by atoms with Crippen molar-refractivity contribution in [2.45, 2.75) is 46.1 Å². The van der Waals surface area contributed by atoms with E-state index in [9.17, 15) is 9.59 Å². The molecule has 0 spiro atoms. The maximum Gasteiger partial charge on any atom is 0.302 e. The van der Waals surface area contributed by atoms with Gasteiger partial charge in [0.1, 0.15) is 5.75 Å². The van der Waals surface area contributed by atoms with Crippen LogP contribution in [-0.4, -0.2) is 43.1 Å². The molecule has 0 bridgehead atoms. The minimum Gasteiger partial charge on any atom is -0.497 e. The van der Waals surface area contributed by atoms with E-state index < -0.39 is 0 Å². The highest BCUT2D eigenvalue weighted by Crippen LogP contribution is 2.15. The number of carbonyl (C=O) groups is 2. The highest BCUT2D eigenvalue weighted by molar-refractivity contribution is 5.73. The van der Waals surface area contributed by atoms with Crippen LogP contribution >= 0.6 is 0 Å². The van der Waals surface area contributed by atoms with Gasteiger partial charge in [-0.3, -0.25) is 9.59 Å². The summed E-state index contributed by atoms with van der Waals surface area (Å²) in [6.07, 6.45) is 2.38. The predicted octanol–water partition coefficient (Wildman–Crippen LogP) is 2.82. The molecule has 0 saturated carbocycles.